The Morgan fingerprint density at radius 3 is 2.27 bits per heavy atom. The van der Waals surface area contributed by atoms with Crippen LogP contribution in [0.5, 0.6) is 0 Å². The Balaban J connectivity index is 2.14. The Bertz CT molecular complexity index is 708. The summed E-state index contributed by atoms with van der Waals surface area (Å²) in [6.07, 6.45) is 0. The van der Waals surface area contributed by atoms with Crippen molar-refractivity contribution in [3.05, 3.63) is 22.3 Å². The van der Waals surface area contributed by atoms with E-state index in [1.54, 1.807) is 0 Å². The molecule has 2 aromatic heterocycles. The van der Waals surface area contributed by atoms with Gasteiger partial charge in [0.1, 0.15) is 4.60 Å². The monoisotopic (exact) mass is 364 g/mol. The average molecular weight is 365 g/mol. The first-order valence-corrected chi connectivity index (χ1v) is 8.45. The molecule has 0 amide bonds. The predicted molar refractivity (Wildman–Crippen MR) is 93.6 cm³/mol. The molecular formula is C16H22BBrN2O2. The molecule has 0 radical (unpaired) electrons. The molecule has 0 aromatic carbocycles. The summed E-state index contributed by atoms with van der Waals surface area (Å²) in [4.78, 5) is 8.09. The van der Waals surface area contributed by atoms with Gasteiger partial charge in [0.15, 0.2) is 0 Å². The van der Waals surface area contributed by atoms with E-state index >= 15 is 0 Å². The highest BCUT2D eigenvalue weighted by Gasteiger charge is 2.53. The van der Waals surface area contributed by atoms with Gasteiger partial charge in [-0.1, -0.05) is 13.8 Å². The highest BCUT2D eigenvalue weighted by Crippen LogP contribution is 2.37. The normalized spacial score (nSPS) is 20.3. The molecule has 1 N–H and O–H groups in total. The van der Waals surface area contributed by atoms with E-state index in [0.29, 0.717) is 5.92 Å². The Hall–Kier alpha value is -0.845. The van der Waals surface area contributed by atoms with Gasteiger partial charge in [0, 0.05) is 0 Å². The van der Waals surface area contributed by atoms with Gasteiger partial charge in [-0.2, -0.15) is 0 Å². The third-order valence-electron chi connectivity index (χ3n) is 4.74. The van der Waals surface area contributed by atoms with Crippen molar-refractivity contribution in [1.29, 1.82) is 0 Å². The highest BCUT2D eigenvalue weighted by molar-refractivity contribution is 9.10. The van der Waals surface area contributed by atoms with Gasteiger partial charge in [0.05, 0.1) is 27.8 Å². The number of hydrogen-bond donors (Lipinski definition) is 1. The molecule has 118 valence electrons. The van der Waals surface area contributed by atoms with Crippen LogP contribution in [-0.4, -0.2) is 28.3 Å². The molecule has 1 aliphatic heterocycles. The number of aromatic nitrogens is 2. The van der Waals surface area contributed by atoms with Crippen LogP contribution < -0.4 is 5.59 Å². The maximum atomic E-state index is 6.21. The summed E-state index contributed by atoms with van der Waals surface area (Å²) in [6, 6.07) is 3.98. The van der Waals surface area contributed by atoms with Crippen molar-refractivity contribution in [2.45, 2.75) is 58.7 Å². The van der Waals surface area contributed by atoms with Gasteiger partial charge in [0.25, 0.3) is 0 Å². The number of fused-ring (bicyclic) bond motifs is 1. The zero-order valence-corrected chi connectivity index (χ0v) is 15.5. The molecule has 1 aliphatic rings. The van der Waals surface area contributed by atoms with E-state index in [2.05, 4.69) is 67.4 Å². The largest absolute Gasteiger partial charge is 0.512 e. The van der Waals surface area contributed by atoms with Gasteiger partial charge in [0.2, 0.25) is 0 Å². The van der Waals surface area contributed by atoms with Crippen LogP contribution in [0.25, 0.3) is 11.0 Å². The molecule has 0 bridgehead atoms. The summed E-state index contributed by atoms with van der Waals surface area (Å²) >= 11 is 3.46. The summed E-state index contributed by atoms with van der Waals surface area (Å²) in [7, 11) is -0.393. The summed E-state index contributed by atoms with van der Waals surface area (Å²) < 4.78 is 13.3. The Morgan fingerprint density at radius 2 is 1.73 bits per heavy atom. The van der Waals surface area contributed by atoms with E-state index in [0.717, 1.165) is 26.8 Å². The molecule has 0 aliphatic carbocycles. The van der Waals surface area contributed by atoms with Gasteiger partial charge in [-0.3, -0.25) is 0 Å². The molecule has 0 spiro atoms. The zero-order chi connectivity index (χ0) is 16.3. The number of rotatable bonds is 2. The van der Waals surface area contributed by atoms with E-state index in [4.69, 9.17) is 9.31 Å². The van der Waals surface area contributed by atoms with Crippen molar-refractivity contribution in [2.75, 3.05) is 0 Å². The lowest BCUT2D eigenvalue weighted by Gasteiger charge is -2.32. The predicted octanol–water partition coefficient (Wildman–Crippen LogP) is 3.75. The van der Waals surface area contributed by atoms with Gasteiger partial charge in [-0.15, -0.1) is 0 Å². The van der Waals surface area contributed by atoms with Gasteiger partial charge in [-0.25, -0.2) is 4.98 Å². The van der Waals surface area contributed by atoms with E-state index in [1.807, 2.05) is 12.1 Å². The molecule has 3 rings (SSSR count). The number of nitrogens with one attached hydrogen (secondary N) is 1. The molecule has 0 saturated carbocycles. The molecule has 2 aromatic rings. The number of nitrogens with zero attached hydrogens (tertiary/aromatic N) is 1. The van der Waals surface area contributed by atoms with E-state index in [-0.39, 0.29) is 11.2 Å². The Labute approximate surface area is 140 Å². The van der Waals surface area contributed by atoms with Crippen LogP contribution in [0.1, 0.15) is 53.0 Å². The molecule has 4 nitrogen and oxygen atoms in total. The van der Waals surface area contributed by atoms with Gasteiger partial charge < -0.3 is 14.3 Å². The van der Waals surface area contributed by atoms with Crippen LogP contribution in [-0.2, 0) is 9.31 Å². The minimum Gasteiger partial charge on any atom is -0.398 e. The van der Waals surface area contributed by atoms with E-state index < -0.39 is 7.12 Å². The second kappa shape index (κ2) is 5.08. The van der Waals surface area contributed by atoms with Crippen LogP contribution in [0.3, 0.4) is 0 Å². The minimum atomic E-state index is -0.393. The SMILES string of the molecule is CC(C)c1c(B2OC(C)(C)C(C)(C)O2)[nH]c2ccc(Br)nc12. The van der Waals surface area contributed by atoms with Crippen LogP contribution in [0.15, 0.2) is 16.7 Å². The third-order valence-corrected chi connectivity index (χ3v) is 5.18. The lowest BCUT2D eigenvalue weighted by atomic mass is 9.79. The van der Waals surface area contributed by atoms with Crippen molar-refractivity contribution < 1.29 is 9.31 Å². The topological polar surface area (TPSA) is 47.1 Å². The summed E-state index contributed by atoms with van der Waals surface area (Å²) in [6.45, 7) is 12.6. The lowest BCUT2D eigenvalue weighted by Crippen LogP contribution is -2.41. The van der Waals surface area contributed by atoms with Gasteiger partial charge >= 0.3 is 7.12 Å². The third kappa shape index (κ3) is 2.41. The van der Waals surface area contributed by atoms with Crippen molar-refractivity contribution >= 4 is 39.7 Å². The van der Waals surface area contributed by atoms with E-state index in [1.165, 1.54) is 0 Å². The lowest BCUT2D eigenvalue weighted by molar-refractivity contribution is 0.00578. The van der Waals surface area contributed by atoms with Crippen molar-refractivity contribution in [3.63, 3.8) is 0 Å². The Kier molecular flexibility index (Phi) is 3.70. The quantitative estimate of drug-likeness (QED) is 0.652. The summed E-state index contributed by atoms with van der Waals surface area (Å²) in [5.74, 6) is 0.324. The first-order chi connectivity index (χ1) is 10.1. The second-order valence-corrected chi connectivity index (χ2v) is 8.04. The standard InChI is InChI=1S/C16H22BBrN2O2/c1-9(2)12-13-10(7-8-11(18)20-13)19-14(12)17-21-15(3,4)16(5,6)22-17/h7-9,19H,1-6H3. The molecular weight excluding hydrogens is 343 g/mol. The number of H-pyrrole nitrogens is 1. The molecule has 1 saturated heterocycles. The number of aromatic amines is 1. The van der Waals surface area contributed by atoms with Crippen molar-refractivity contribution in [1.82, 2.24) is 9.97 Å². The van der Waals surface area contributed by atoms with Crippen molar-refractivity contribution in [3.8, 4) is 0 Å². The highest BCUT2D eigenvalue weighted by atomic mass is 79.9. The molecule has 0 unspecified atom stereocenters. The van der Waals surface area contributed by atoms with Crippen LogP contribution in [0, 0.1) is 0 Å². The molecule has 6 heteroatoms. The van der Waals surface area contributed by atoms with Crippen LogP contribution >= 0.6 is 15.9 Å². The molecule has 3 heterocycles. The number of hydrogen-bond acceptors (Lipinski definition) is 3. The average Bonchev–Trinajstić information content (AvgIpc) is 2.84. The zero-order valence-electron chi connectivity index (χ0n) is 14.0. The second-order valence-electron chi connectivity index (χ2n) is 7.23. The first-order valence-electron chi connectivity index (χ1n) is 7.66. The summed E-state index contributed by atoms with van der Waals surface area (Å²) in [5, 5.41) is 0. The van der Waals surface area contributed by atoms with Gasteiger partial charge in [-0.05, 0) is 67.2 Å². The fraction of sp³-hybridized carbons (Fsp3) is 0.562. The maximum absolute atomic E-state index is 6.21. The number of halogens is 1. The van der Waals surface area contributed by atoms with Crippen LogP contribution in [0.4, 0.5) is 0 Å². The molecule has 1 fully saturated rings. The van der Waals surface area contributed by atoms with Crippen LogP contribution in [0.2, 0.25) is 0 Å². The minimum absolute atomic E-state index is 0.324. The van der Waals surface area contributed by atoms with E-state index in [9.17, 15) is 0 Å². The smallest absolute Gasteiger partial charge is 0.398 e. The Morgan fingerprint density at radius 1 is 1.14 bits per heavy atom. The maximum Gasteiger partial charge on any atom is 0.512 e. The molecule has 0 atom stereocenters. The number of pyridine rings is 1. The molecule has 22 heavy (non-hydrogen) atoms. The fourth-order valence-corrected chi connectivity index (χ4v) is 3.12. The van der Waals surface area contributed by atoms with Crippen molar-refractivity contribution in [2.24, 2.45) is 0 Å². The summed E-state index contributed by atoms with van der Waals surface area (Å²) in [5.41, 5.74) is 3.43. The fourth-order valence-electron chi connectivity index (χ4n) is 2.81. The first kappa shape index (κ1) is 16.0.